The molecule has 172 valence electrons. The molecule has 0 amide bonds. The summed E-state index contributed by atoms with van der Waals surface area (Å²) in [5, 5.41) is 10.9. The normalized spacial score (nSPS) is 10.8. The first kappa shape index (κ1) is 24.2. The summed E-state index contributed by atoms with van der Waals surface area (Å²) in [5.41, 5.74) is 1.77. The Bertz CT molecular complexity index is 1300. The summed E-state index contributed by atoms with van der Waals surface area (Å²) in [6, 6.07) is 20.2. The van der Waals surface area contributed by atoms with Crippen molar-refractivity contribution in [2.75, 3.05) is 14.2 Å². The molecular weight excluding hydrogens is 442 g/mol. The molecule has 0 saturated carbocycles. The van der Waals surface area contributed by atoms with Crippen LogP contribution < -0.4 is 14.9 Å². The van der Waals surface area contributed by atoms with Gasteiger partial charge in [0.15, 0.2) is 11.5 Å². The summed E-state index contributed by atoms with van der Waals surface area (Å²) in [6.07, 6.45) is 0. The third-order valence-electron chi connectivity index (χ3n) is 5.27. The van der Waals surface area contributed by atoms with E-state index in [1.54, 1.807) is 38.3 Å². The number of halogens is 1. The maximum Gasteiger partial charge on any atom is 0.235 e. The molecule has 1 aromatic heterocycles. The van der Waals surface area contributed by atoms with E-state index < -0.39 is 0 Å². The van der Waals surface area contributed by atoms with Crippen LogP contribution in [0.3, 0.4) is 0 Å². The minimum absolute atomic E-state index is 0. The molecule has 0 unspecified atom stereocenters. The molecule has 0 radical (unpaired) electrons. The van der Waals surface area contributed by atoms with Gasteiger partial charge < -0.3 is 19.0 Å². The number of ether oxygens (including phenoxy) is 2. The molecule has 33 heavy (non-hydrogen) atoms. The second kappa shape index (κ2) is 10.4. The van der Waals surface area contributed by atoms with E-state index in [9.17, 15) is 9.90 Å². The van der Waals surface area contributed by atoms with Gasteiger partial charge in [0, 0.05) is 13.1 Å². The molecular formula is C26H26ClNO5. The lowest BCUT2D eigenvalue weighted by Crippen LogP contribution is -2.18. The number of fused-ring (bicyclic) bond motifs is 1. The Hall–Kier alpha value is -3.48. The first-order chi connectivity index (χ1) is 15.5. The Kier molecular flexibility index (Phi) is 7.63. The summed E-state index contributed by atoms with van der Waals surface area (Å²) >= 11 is 0. The number of hydrogen-bond acceptors (Lipinski definition) is 6. The molecule has 3 aromatic carbocycles. The minimum Gasteiger partial charge on any atom is -0.507 e. The Morgan fingerprint density at radius 1 is 0.939 bits per heavy atom. The van der Waals surface area contributed by atoms with Crippen LogP contribution in [0.25, 0.3) is 11.0 Å². The molecule has 1 heterocycles. The highest BCUT2D eigenvalue weighted by Gasteiger charge is 2.20. The molecule has 0 aliphatic heterocycles. The highest BCUT2D eigenvalue weighted by Crippen LogP contribution is 2.34. The number of aryl methyl sites for hydroxylation is 1. The molecule has 0 bridgehead atoms. The van der Waals surface area contributed by atoms with E-state index in [0.717, 1.165) is 5.56 Å². The van der Waals surface area contributed by atoms with Gasteiger partial charge in [0.1, 0.15) is 17.1 Å². The molecule has 6 nitrogen and oxygen atoms in total. The van der Waals surface area contributed by atoms with Crippen LogP contribution >= 0.6 is 12.4 Å². The number of nitrogens with zero attached hydrogens (tertiary/aromatic N) is 1. The predicted octanol–water partition coefficient (Wildman–Crippen LogP) is 5.66. The molecule has 0 saturated heterocycles. The van der Waals surface area contributed by atoms with Crippen LogP contribution in [0, 0.1) is 6.92 Å². The number of hydrogen-bond donors (Lipinski definition) is 1. The number of aromatic hydroxyl groups is 1. The zero-order valence-corrected chi connectivity index (χ0v) is 19.5. The Morgan fingerprint density at radius 3 is 2.30 bits per heavy atom. The Balaban J connectivity index is 0.00000306. The Labute approximate surface area is 198 Å². The monoisotopic (exact) mass is 467 g/mol. The van der Waals surface area contributed by atoms with Gasteiger partial charge in [-0.25, -0.2) is 0 Å². The van der Waals surface area contributed by atoms with Crippen LogP contribution in [-0.4, -0.2) is 24.2 Å². The average molecular weight is 468 g/mol. The van der Waals surface area contributed by atoms with E-state index in [2.05, 4.69) is 4.90 Å². The largest absolute Gasteiger partial charge is 0.507 e. The fraction of sp³-hybridized carbons (Fsp3) is 0.192. The van der Waals surface area contributed by atoms with Crippen LogP contribution in [0.2, 0.25) is 0 Å². The standard InChI is InChI=1S/C26H25NO5.ClH/c1-17-25(32-23-12-8-7-11-22(23)30-3)24(29)19-13-14-21(28)20(26(19)31-17)16-27(2)15-18-9-5-4-6-10-18;/h4-14,28H,15-16H2,1-3H3;1H. The van der Waals surface area contributed by atoms with Crippen LogP contribution in [0.5, 0.6) is 23.0 Å². The number of para-hydroxylation sites is 2. The van der Waals surface area contributed by atoms with E-state index in [1.807, 2.05) is 43.4 Å². The van der Waals surface area contributed by atoms with Crippen molar-refractivity contribution in [3.05, 3.63) is 93.8 Å². The van der Waals surface area contributed by atoms with E-state index in [-0.39, 0.29) is 29.3 Å². The van der Waals surface area contributed by atoms with Gasteiger partial charge in [-0.2, -0.15) is 0 Å². The van der Waals surface area contributed by atoms with Crippen molar-refractivity contribution in [3.8, 4) is 23.0 Å². The minimum atomic E-state index is -0.304. The van der Waals surface area contributed by atoms with Crippen molar-refractivity contribution in [1.29, 1.82) is 0 Å². The molecule has 4 rings (SSSR count). The van der Waals surface area contributed by atoms with Crippen molar-refractivity contribution >= 4 is 23.4 Å². The zero-order chi connectivity index (χ0) is 22.7. The average Bonchev–Trinajstić information content (AvgIpc) is 2.79. The molecule has 4 aromatic rings. The summed E-state index contributed by atoms with van der Waals surface area (Å²) in [5.74, 6) is 1.44. The number of phenols is 1. The van der Waals surface area contributed by atoms with Crippen molar-refractivity contribution in [2.24, 2.45) is 0 Å². The van der Waals surface area contributed by atoms with Gasteiger partial charge in [-0.05, 0) is 43.8 Å². The molecule has 0 spiro atoms. The summed E-state index contributed by atoms with van der Waals surface area (Å²) in [6.45, 7) is 2.77. The lowest BCUT2D eigenvalue weighted by molar-refractivity contribution is 0.311. The second-order valence-electron chi connectivity index (χ2n) is 7.67. The summed E-state index contributed by atoms with van der Waals surface area (Å²) < 4.78 is 17.2. The highest BCUT2D eigenvalue weighted by molar-refractivity contribution is 5.85. The summed E-state index contributed by atoms with van der Waals surface area (Å²) in [7, 11) is 3.49. The number of rotatable bonds is 7. The molecule has 7 heteroatoms. The lowest BCUT2D eigenvalue weighted by Gasteiger charge is -2.19. The number of methoxy groups -OCH3 is 1. The third-order valence-corrected chi connectivity index (χ3v) is 5.27. The third kappa shape index (κ3) is 5.13. The van der Waals surface area contributed by atoms with Gasteiger partial charge in [0.05, 0.1) is 18.1 Å². The van der Waals surface area contributed by atoms with Crippen molar-refractivity contribution < 1.29 is 19.0 Å². The van der Waals surface area contributed by atoms with Gasteiger partial charge in [-0.15, -0.1) is 12.4 Å². The Morgan fingerprint density at radius 2 is 1.61 bits per heavy atom. The van der Waals surface area contributed by atoms with E-state index in [4.69, 9.17) is 13.9 Å². The molecule has 0 fully saturated rings. The van der Waals surface area contributed by atoms with Crippen LogP contribution in [0.15, 0.2) is 75.9 Å². The molecule has 0 aliphatic carbocycles. The van der Waals surface area contributed by atoms with Gasteiger partial charge in [0.2, 0.25) is 11.2 Å². The first-order valence-corrected chi connectivity index (χ1v) is 10.3. The molecule has 1 N–H and O–H groups in total. The zero-order valence-electron chi connectivity index (χ0n) is 18.7. The van der Waals surface area contributed by atoms with Crippen molar-refractivity contribution in [1.82, 2.24) is 4.90 Å². The van der Waals surface area contributed by atoms with E-state index in [1.165, 1.54) is 6.07 Å². The summed E-state index contributed by atoms with van der Waals surface area (Å²) in [4.78, 5) is 15.3. The van der Waals surface area contributed by atoms with Gasteiger partial charge in [-0.3, -0.25) is 9.69 Å². The second-order valence-corrected chi connectivity index (χ2v) is 7.67. The SMILES string of the molecule is COc1ccccc1Oc1c(C)oc2c(CN(C)Cc3ccccc3)c(O)ccc2c1=O.Cl. The van der Waals surface area contributed by atoms with Gasteiger partial charge in [-0.1, -0.05) is 42.5 Å². The van der Waals surface area contributed by atoms with Crippen molar-refractivity contribution in [2.45, 2.75) is 20.0 Å². The van der Waals surface area contributed by atoms with E-state index >= 15 is 0 Å². The molecule has 0 aliphatic rings. The van der Waals surface area contributed by atoms with Gasteiger partial charge >= 0.3 is 0 Å². The highest BCUT2D eigenvalue weighted by atomic mass is 35.5. The smallest absolute Gasteiger partial charge is 0.235 e. The van der Waals surface area contributed by atoms with Crippen LogP contribution in [0.1, 0.15) is 16.9 Å². The van der Waals surface area contributed by atoms with Crippen molar-refractivity contribution in [3.63, 3.8) is 0 Å². The molecule has 0 atom stereocenters. The maximum atomic E-state index is 13.3. The fourth-order valence-electron chi connectivity index (χ4n) is 3.70. The predicted molar refractivity (Wildman–Crippen MR) is 131 cm³/mol. The van der Waals surface area contributed by atoms with Crippen LogP contribution in [-0.2, 0) is 13.1 Å². The fourth-order valence-corrected chi connectivity index (χ4v) is 3.70. The topological polar surface area (TPSA) is 72.1 Å². The first-order valence-electron chi connectivity index (χ1n) is 10.3. The maximum absolute atomic E-state index is 13.3. The van der Waals surface area contributed by atoms with Crippen LogP contribution in [0.4, 0.5) is 0 Å². The van der Waals surface area contributed by atoms with Gasteiger partial charge in [0.25, 0.3) is 0 Å². The lowest BCUT2D eigenvalue weighted by atomic mass is 10.1. The quantitative estimate of drug-likeness (QED) is 0.378. The number of phenolic OH excluding ortho intramolecular Hbond substituents is 1. The van der Waals surface area contributed by atoms with E-state index in [0.29, 0.717) is 46.9 Å². The number of benzene rings is 3.